The summed E-state index contributed by atoms with van der Waals surface area (Å²) in [6.45, 7) is 0.142. The van der Waals surface area contributed by atoms with E-state index < -0.39 is 12.1 Å². The number of aliphatic hydroxyl groups is 1. The molecule has 0 saturated carbocycles. The second kappa shape index (κ2) is 8.81. The molecule has 1 N–H and O–H groups in total. The van der Waals surface area contributed by atoms with Gasteiger partial charge in [-0.2, -0.15) is 0 Å². The van der Waals surface area contributed by atoms with E-state index in [1.54, 1.807) is 36.5 Å². The van der Waals surface area contributed by atoms with Crippen LogP contribution in [0.2, 0.25) is 5.02 Å². The van der Waals surface area contributed by atoms with Crippen LogP contribution in [0.4, 0.5) is 0 Å². The van der Waals surface area contributed by atoms with Gasteiger partial charge < -0.3 is 14.4 Å². The number of amides is 1. The highest BCUT2D eigenvalue weighted by Gasteiger charge is 2.38. The second-order valence-electron chi connectivity index (χ2n) is 7.40. The van der Waals surface area contributed by atoms with Gasteiger partial charge in [0.2, 0.25) is 0 Å². The number of aliphatic hydroxyl groups excluding tert-OH is 1. The van der Waals surface area contributed by atoms with Gasteiger partial charge in [-0.25, -0.2) is 4.98 Å². The quantitative estimate of drug-likeness (QED) is 0.651. The fraction of sp³-hybridized carbons (Fsp3) is 0.261. The smallest absolute Gasteiger partial charge is 0.254 e. The molecule has 30 heavy (non-hydrogen) atoms. The van der Waals surface area contributed by atoms with Gasteiger partial charge in [0.25, 0.3) is 5.91 Å². The summed E-state index contributed by atoms with van der Waals surface area (Å²) in [5.74, 6) is 0.223. The molecule has 2 aromatic carbocycles. The maximum atomic E-state index is 13.1. The summed E-state index contributed by atoms with van der Waals surface area (Å²) < 4.78 is 5.30. The Kier molecular flexibility index (Phi) is 5.97. The Morgan fingerprint density at radius 1 is 1.20 bits per heavy atom. The van der Waals surface area contributed by atoms with Gasteiger partial charge in [0.15, 0.2) is 17.9 Å². The zero-order valence-corrected chi connectivity index (χ0v) is 17.0. The third-order valence-electron chi connectivity index (χ3n) is 5.31. The standard InChI is InChI=1S/C23H21ClN2O4/c24-18-7-4-15(5-8-18)6-9-21(28)20-11-19(27)13-26(20)23(29)17-3-1-2-16(10-17)22-12-25-14-30-22/h1-5,7-8,10,12,14,19-20,27H,6,9,11,13H2/t19-,20+/m1/s1. The molecule has 0 unspecified atom stereocenters. The van der Waals surface area contributed by atoms with E-state index in [-0.39, 0.29) is 24.7 Å². The molecule has 154 valence electrons. The Morgan fingerprint density at radius 2 is 2.00 bits per heavy atom. The van der Waals surface area contributed by atoms with Crippen LogP contribution in [0.3, 0.4) is 0 Å². The number of carbonyl (C=O) groups excluding carboxylic acids is 2. The number of halogens is 1. The lowest BCUT2D eigenvalue weighted by Gasteiger charge is -2.23. The minimum atomic E-state index is -0.712. The molecule has 1 aliphatic rings. The lowest BCUT2D eigenvalue weighted by Crippen LogP contribution is -2.40. The van der Waals surface area contributed by atoms with Gasteiger partial charge in [0.05, 0.1) is 18.3 Å². The van der Waals surface area contributed by atoms with Crippen LogP contribution in [0.25, 0.3) is 11.3 Å². The van der Waals surface area contributed by atoms with Gasteiger partial charge in [0, 0.05) is 35.5 Å². The Labute approximate surface area is 179 Å². The van der Waals surface area contributed by atoms with Crippen LogP contribution >= 0.6 is 11.6 Å². The van der Waals surface area contributed by atoms with Crippen LogP contribution in [0.5, 0.6) is 0 Å². The Bertz CT molecular complexity index is 1030. The first-order valence-electron chi connectivity index (χ1n) is 9.76. The molecule has 0 spiro atoms. The molecule has 7 heteroatoms. The van der Waals surface area contributed by atoms with Crippen molar-refractivity contribution in [3.8, 4) is 11.3 Å². The summed E-state index contributed by atoms with van der Waals surface area (Å²) in [6.07, 6.45) is 3.30. The van der Waals surface area contributed by atoms with Crippen molar-refractivity contribution in [1.82, 2.24) is 9.88 Å². The average Bonchev–Trinajstić information content (AvgIpc) is 3.43. The summed E-state index contributed by atoms with van der Waals surface area (Å²) >= 11 is 5.90. The van der Waals surface area contributed by atoms with Crippen molar-refractivity contribution >= 4 is 23.3 Å². The maximum absolute atomic E-state index is 13.1. The van der Waals surface area contributed by atoms with E-state index in [0.717, 1.165) is 11.1 Å². The number of hydrogen-bond donors (Lipinski definition) is 1. The zero-order chi connectivity index (χ0) is 21.1. The van der Waals surface area contributed by atoms with E-state index in [1.165, 1.54) is 11.3 Å². The van der Waals surface area contributed by atoms with Crippen LogP contribution in [0.15, 0.2) is 65.5 Å². The van der Waals surface area contributed by atoms with Crippen molar-refractivity contribution in [2.24, 2.45) is 0 Å². The number of hydrogen-bond acceptors (Lipinski definition) is 5. The van der Waals surface area contributed by atoms with Gasteiger partial charge in [-0.3, -0.25) is 9.59 Å². The first kappa shape index (κ1) is 20.3. The SMILES string of the molecule is O=C(CCc1ccc(Cl)cc1)[C@@H]1C[C@@H](O)CN1C(=O)c1cccc(-c2cnco2)c1. The molecule has 1 saturated heterocycles. The lowest BCUT2D eigenvalue weighted by atomic mass is 10.0. The third kappa shape index (κ3) is 4.45. The molecule has 0 aliphatic carbocycles. The summed E-state index contributed by atoms with van der Waals surface area (Å²) in [7, 11) is 0. The van der Waals surface area contributed by atoms with E-state index in [2.05, 4.69) is 4.98 Å². The van der Waals surface area contributed by atoms with Crippen molar-refractivity contribution < 1.29 is 19.1 Å². The normalized spacial score (nSPS) is 18.5. The number of likely N-dealkylation sites (tertiary alicyclic amines) is 1. The number of carbonyl (C=O) groups is 2. The molecule has 1 aromatic heterocycles. The van der Waals surface area contributed by atoms with Crippen molar-refractivity contribution in [1.29, 1.82) is 0 Å². The number of oxazole rings is 1. The Balaban J connectivity index is 1.48. The summed E-state index contributed by atoms with van der Waals surface area (Å²) in [6, 6.07) is 13.7. The molecule has 2 atom stereocenters. The molecule has 1 fully saturated rings. The molecular weight excluding hydrogens is 404 g/mol. The van der Waals surface area contributed by atoms with Gasteiger partial charge in [0.1, 0.15) is 0 Å². The van der Waals surface area contributed by atoms with Crippen molar-refractivity contribution in [2.45, 2.75) is 31.4 Å². The molecular formula is C23H21ClN2O4. The van der Waals surface area contributed by atoms with Crippen molar-refractivity contribution in [3.63, 3.8) is 0 Å². The van der Waals surface area contributed by atoms with Crippen LogP contribution in [0, 0.1) is 0 Å². The second-order valence-corrected chi connectivity index (χ2v) is 7.84. The number of aryl methyl sites for hydroxylation is 1. The van der Waals surface area contributed by atoms with E-state index in [1.807, 2.05) is 18.2 Å². The molecule has 1 amide bonds. The Hall–Kier alpha value is -2.96. The minimum Gasteiger partial charge on any atom is -0.444 e. The Morgan fingerprint density at radius 3 is 2.73 bits per heavy atom. The van der Waals surface area contributed by atoms with E-state index in [0.29, 0.717) is 29.2 Å². The fourth-order valence-electron chi connectivity index (χ4n) is 3.76. The van der Waals surface area contributed by atoms with Crippen LogP contribution in [-0.4, -0.2) is 45.4 Å². The van der Waals surface area contributed by atoms with Crippen molar-refractivity contribution in [3.05, 3.63) is 77.3 Å². The lowest BCUT2D eigenvalue weighted by molar-refractivity contribution is -0.122. The van der Waals surface area contributed by atoms with E-state index in [9.17, 15) is 14.7 Å². The maximum Gasteiger partial charge on any atom is 0.254 e. The molecule has 3 aromatic rings. The molecule has 6 nitrogen and oxygen atoms in total. The van der Waals surface area contributed by atoms with Crippen LogP contribution in [-0.2, 0) is 11.2 Å². The number of rotatable bonds is 6. The molecule has 4 rings (SSSR count). The number of benzene rings is 2. The molecule has 0 radical (unpaired) electrons. The first-order chi connectivity index (χ1) is 14.5. The highest BCUT2D eigenvalue weighted by Crippen LogP contribution is 2.25. The number of ketones is 1. The van der Waals surface area contributed by atoms with E-state index >= 15 is 0 Å². The third-order valence-corrected chi connectivity index (χ3v) is 5.56. The highest BCUT2D eigenvalue weighted by molar-refractivity contribution is 6.30. The molecule has 0 bridgehead atoms. The predicted octanol–water partition coefficient (Wildman–Crippen LogP) is 3.77. The summed E-state index contributed by atoms with van der Waals surface area (Å²) in [4.78, 5) is 31.4. The van der Waals surface area contributed by atoms with Gasteiger partial charge in [-0.15, -0.1) is 0 Å². The molecule has 1 aliphatic heterocycles. The number of aromatic nitrogens is 1. The minimum absolute atomic E-state index is 0.0544. The number of nitrogens with zero attached hydrogens (tertiary/aromatic N) is 2. The summed E-state index contributed by atoms with van der Waals surface area (Å²) in [5.41, 5.74) is 2.17. The van der Waals surface area contributed by atoms with Crippen molar-refractivity contribution in [2.75, 3.05) is 6.54 Å². The first-order valence-corrected chi connectivity index (χ1v) is 10.1. The largest absolute Gasteiger partial charge is 0.444 e. The monoisotopic (exact) mass is 424 g/mol. The highest BCUT2D eigenvalue weighted by atomic mass is 35.5. The number of Topliss-reactive ketones (excluding diaryl/α,β-unsaturated/α-hetero) is 1. The van der Waals surface area contributed by atoms with Gasteiger partial charge in [-0.1, -0.05) is 35.9 Å². The van der Waals surface area contributed by atoms with Crippen LogP contribution in [0.1, 0.15) is 28.8 Å². The van der Waals surface area contributed by atoms with Gasteiger partial charge >= 0.3 is 0 Å². The average molecular weight is 425 g/mol. The van der Waals surface area contributed by atoms with Gasteiger partial charge in [-0.05, 0) is 36.2 Å². The van der Waals surface area contributed by atoms with E-state index in [4.69, 9.17) is 16.0 Å². The fourth-order valence-corrected chi connectivity index (χ4v) is 3.88. The predicted molar refractivity (Wildman–Crippen MR) is 112 cm³/mol. The summed E-state index contributed by atoms with van der Waals surface area (Å²) in [5, 5.41) is 10.8. The molecule has 2 heterocycles. The number of β-amino-alcohol motifs (C(OH)–C–C–N with tert-alkyl or cyclic N) is 1. The zero-order valence-electron chi connectivity index (χ0n) is 16.2. The topological polar surface area (TPSA) is 83.6 Å². The van der Waals surface area contributed by atoms with Crippen LogP contribution < -0.4 is 0 Å².